The van der Waals surface area contributed by atoms with E-state index in [-0.39, 0.29) is 29.8 Å². The summed E-state index contributed by atoms with van der Waals surface area (Å²) in [6.45, 7) is 1.31. The van der Waals surface area contributed by atoms with Gasteiger partial charge in [0.05, 0.1) is 5.52 Å². The van der Waals surface area contributed by atoms with Crippen molar-refractivity contribution in [2.75, 3.05) is 20.1 Å². The van der Waals surface area contributed by atoms with E-state index in [1.165, 1.54) is 23.5 Å². The number of hydrogen-bond acceptors (Lipinski definition) is 3. The van der Waals surface area contributed by atoms with Crippen LogP contribution in [-0.4, -0.2) is 52.4 Å². The summed E-state index contributed by atoms with van der Waals surface area (Å²) in [5, 5.41) is 0.936. The van der Waals surface area contributed by atoms with Gasteiger partial charge in [0, 0.05) is 44.6 Å². The molecule has 0 N–H and O–H groups in total. The maximum Gasteiger partial charge on any atom is 0.251 e. The van der Waals surface area contributed by atoms with Gasteiger partial charge in [0.2, 0.25) is 11.8 Å². The van der Waals surface area contributed by atoms with Crippen LogP contribution in [0.3, 0.4) is 0 Å². The number of fused-ring (bicyclic) bond motifs is 1. The second-order valence-corrected chi connectivity index (χ2v) is 8.15. The highest BCUT2D eigenvalue weighted by Crippen LogP contribution is 2.29. The van der Waals surface area contributed by atoms with Gasteiger partial charge in [0.15, 0.2) is 0 Å². The van der Waals surface area contributed by atoms with Crippen LogP contribution in [0.5, 0.6) is 0 Å². The van der Waals surface area contributed by atoms with E-state index in [0.29, 0.717) is 19.0 Å². The Kier molecular flexibility index (Phi) is 5.20. The third-order valence-electron chi connectivity index (χ3n) is 6.15. The summed E-state index contributed by atoms with van der Waals surface area (Å²) in [5.41, 5.74) is 0.587. The number of likely N-dealkylation sites (N-methyl/N-ethyl adjacent to an activating group) is 1. The van der Waals surface area contributed by atoms with Crippen molar-refractivity contribution in [3.8, 4) is 0 Å². The lowest BCUT2D eigenvalue weighted by Crippen LogP contribution is -2.38. The molecule has 148 valence electrons. The van der Waals surface area contributed by atoms with Crippen molar-refractivity contribution >= 4 is 22.7 Å². The number of carbonyl (C=O) groups excluding carboxylic acids is 2. The molecule has 2 fully saturated rings. The first-order valence-electron chi connectivity index (χ1n) is 10.1. The second-order valence-electron chi connectivity index (χ2n) is 8.15. The van der Waals surface area contributed by atoms with Gasteiger partial charge in [0.1, 0.15) is 6.54 Å². The van der Waals surface area contributed by atoms with Crippen molar-refractivity contribution in [1.29, 1.82) is 0 Å². The van der Waals surface area contributed by atoms with Crippen molar-refractivity contribution in [2.45, 2.75) is 44.7 Å². The molecule has 1 aliphatic heterocycles. The highest BCUT2D eigenvalue weighted by atomic mass is 16.2. The fraction of sp³-hybridized carbons (Fsp3) is 0.500. The minimum absolute atomic E-state index is 0.0176. The average molecular weight is 381 g/mol. The van der Waals surface area contributed by atoms with E-state index in [9.17, 15) is 14.4 Å². The van der Waals surface area contributed by atoms with Gasteiger partial charge in [-0.25, -0.2) is 0 Å². The Morgan fingerprint density at radius 2 is 1.86 bits per heavy atom. The average Bonchev–Trinajstić information content (AvgIpc) is 3.33. The van der Waals surface area contributed by atoms with E-state index in [1.54, 1.807) is 18.0 Å². The molecule has 4 rings (SSSR count). The van der Waals surface area contributed by atoms with Gasteiger partial charge < -0.3 is 9.80 Å². The molecule has 0 bridgehead atoms. The molecule has 1 saturated carbocycles. The van der Waals surface area contributed by atoms with Crippen LogP contribution >= 0.6 is 0 Å². The molecule has 1 aromatic carbocycles. The largest absolute Gasteiger partial charge is 0.344 e. The van der Waals surface area contributed by atoms with Crippen molar-refractivity contribution < 1.29 is 9.59 Å². The fourth-order valence-corrected chi connectivity index (χ4v) is 4.65. The fourth-order valence-electron chi connectivity index (χ4n) is 4.65. The summed E-state index contributed by atoms with van der Waals surface area (Å²) >= 11 is 0. The molecule has 2 aromatic rings. The highest BCUT2D eigenvalue weighted by Gasteiger charge is 2.36. The zero-order valence-electron chi connectivity index (χ0n) is 16.3. The summed E-state index contributed by atoms with van der Waals surface area (Å²) < 4.78 is 1.53. The number of para-hydroxylation sites is 1. The zero-order valence-corrected chi connectivity index (χ0v) is 16.3. The normalized spacial score (nSPS) is 20.2. The number of nitrogens with zero attached hydrogens (tertiary/aromatic N) is 3. The number of benzene rings is 1. The Labute approximate surface area is 164 Å². The van der Waals surface area contributed by atoms with Gasteiger partial charge in [-0.05, 0) is 30.4 Å². The van der Waals surface area contributed by atoms with Gasteiger partial charge in [-0.15, -0.1) is 0 Å². The summed E-state index contributed by atoms with van der Waals surface area (Å²) in [7, 11) is 1.77. The van der Waals surface area contributed by atoms with Crippen LogP contribution in [0.25, 0.3) is 10.9 Å². The molecular formula is C22H27N3O3. The van der Waals surface area contributed by atoms with E-state index < -0.39 is 0 Å². The number of likely N-dealkylation sites (tertiary alicyclic amines) is 1. The minimum Gasteiger partial charge on any atom is -0.344 e. The predicted octanol–water partition coefficient (Wildman–Crippen LogP) is 2.25. The molecular weight excluding hydrogens is 354 g/mol. The van der Waals surface area contributed by atoms with Crippen LogP contribution < -0.4 is 5.56 Å². The molecule has 1 saturated heterocycles. The molecule has 28 heavy (non-hydrogen) atoms. The van der Waals surface area contributed by atoms with Crippen LogP contribution in [-0.2, 0) is 16.1 Å². The van der Waals surface area contributed by atoms with E-state index in [1.807, 2.05) is 29.2 Å². The first-order valence-corrected chi connectivity index (χ1v) is 10.1. The van der Waals surface area contributed by atoms with Crippen molar-refractivity contribution in [1.82, 2.24) is 14.4 Å². The number of rotatable bonds is 5. The van der Waals surface area contributed by atoms with Crippen LogP contribution in [0.4, 0.5) is 0 Å². The van der Waals surface area contributed by atoms with Gasteiger partial charge in [-0.2, -0.15) is 0 Å². The van der Waals surface area contributed by atoms with Gasteiger partial charge in [-0.1, -0.05) is 31.0 Å². The number of aromatic nitrogens is 1. The highest BCUT2D eigenvalue weighted by molar-refractivity contribution is 5.82. The SMILES string of the molecule is CN(C[C@H]1CC(=O)N(C2CCCC2)C1)C(=O)Cn1c(=O)ccc2ccccc21. The van der Waals surface area contributed by atoms with Crippen LogP contribution in [0.1, 0.15) is 32.1 Å². The number of carbonyl (C=O) groups is 2. The van der Waals surface area contributed by atoms with Crippen LogP contribution in [0, 0.1) is 5.92 Å². The van der Waals surface area contributed by atoms with E-state index >= 15 is 0 Å². The van der Waals surface area contributed by atoms with Crippen molar-refractivity contribution in [2.24, 2.45) is 5.92 Å². The topological polar surface area (TPSA) is 62.6 Å². The summed E-state index contributed by atoms with van der Waals surface area (Å²) in [5.74, 6) is 0.291. The van der Waals surface area contributed by atoms with Crippen molar-refractivity contribution in [3.63, 3.8) is 0 Å². The van der Waals surface area contributed by atoms with Crippen LogP contribution in [0.15, 0.2) is 41.2 Å². The Morgan fingerprint density at radius 1 is 1.11 bits per heavy atom. The molecule has 0 spiro atoms. The quantitative estimate of drug-likeness (QED) is 0.798. The molecule has 2 amide bonds. The van der Waals surface area contributed by atoms with Crippen LogP contribution in [0.2, 0.25) is 0 Å². The predicted molar refractivity (Wildman–Crippen MR) is 108 cm³/mol. The molecule has 1 aliphatic carbocycles. The number of pyridine rings is 1. The zero-order chi connectivity index (χ0) is 19.7. The molecule has 2 heterocycles. The minimum atomic E-state index is -0.177. The second kappa shape index (κ2) is 7.78. The molecule has 0 radical (unpaired) electrons. The molecule has 1 atom stereocenters. The summed E-state index contributed by atoms with van der Waals surface area (Å²) in [4.78, 5) is 41.2. The summed E-state index contributed by atoms with van der Waals surface area (Å²) in [6.07, 6.45) is 5.14. The van der Waals surface area contributed by atoms with Crippen molar-refractivity contribution in [3.05, 3.63) is 46.8 Å². The van der Waals surface area contributed by atoms with Gasteiger partial charge in [0.25, 0.3) is 5.56 Å². The lowest BCUT2D eigenvalue weighted by molar-refractivity contribution is -0.131. The standard InChI is InChI=1S/C22H27N3O3/c1-23(13-16-12-21(27)24(14-16)18-7-3-4-8-18)22(28)15-25-19-9-5-2-6-17(19)10-11-20(25)26/h2,5-6,9-11,16,18H,3-4,7-8,12-15H2,1H3/t16-/m1/s1. The third kappa shape index (κ3) is 3.68. The first-order chi connectivity index (χ1) is 13.5. The molecule has 1 aromatic heterocycles. The lowest BCUT2D eigenvalue weighted by atomic mass is 10.1. The molecule has 6 heteroatoms. The van der Waals surface area contributed by atoms with Gasteiger partial charge >= 0.3 is 0 Å². The van der Waals surface area contributed by atoms with E-state index in [4.69, 9.17) is 0 Å². The Balaban J connectivity index is 1.41. The molecule has 0 unspecified atom stereocenters. The smallest absolute Gasteiger partial charge is 0.251 e. The number of amides is 2. The Bertz CT molecular complexity index is 945. The van der Waals surface area contributed by atoms with Gasteiger partial charge in [-0.3, -0.25) is 19.0 Å². The first kappa shape index (κ1) is 18.7. The monoisotopic (exact) mass is 381 g/mol. The van der Waals surface area contributed by atoms with E-state index in [2.05, 4.69) is 0 Å². The summed E-state index contributed by atoms with van der Waals surface area (Å²) in [6, 6.07) is 11.3. The molecule has 6 nitrogen and oxygen atoms in total. The van der Waals surface area contributed by atoms with E-state index in [0.717, 1.165) is 30.3 Å². The Hall–Kier alpha value is -2.63. The maximum absolute atomic E-state index is 12.8. The molecule has 2 aliphatic rings. The third-order valence-corrected chi connectivity index (χ3v) is 6.15. The maximum atomic E-state index is 12.8. The lowest BCUT2D eigenvalue weighted by Gasteiger charge is -2.25. The Morgan fingerprint density at radius 3 is 2.64 bits per heavy atom. The number of hydrogen-bond donors (Lipinski definition) is 0.